The Labute approximate surface area is 151 Å². The molecule has 0 aromatic heterocycles. The molecule has 2 aromatic rings. The molecule has 1 saturated heterocycles. The Morgan fingerprint density at radius 2 is 1.88 bits per heavy atom. The van der Waals surface area contributed by atoms with E-state index in [1.54, 1.807) is 12.1 Å². The van der Waals surface area contributed by atoms with E-state index >= 15 is 0 Å². The number of likely N-dealkylation sites (tertiary alicyclic amines) is 1. The quantitative estimate of drug-likeness (QED) is 0.883. The molecule has 0 bridgehead atoms. The Morgan fingerprint density at radius 1 is 1.20 bits per heavy atom. The van der Waals surface area contributed by atoms with Crippen molar-refractivity contribution in [3.63, 3.8) is 0 Å². The molecular weight excluding hydrogens is 343 g/mol. The van der Waals surface area contributed by atoms with E-state index in [4.69, 9.17) is 22.1 Å². The second-order valence-corrected chi connectivity index (χ2v) is 6.64. The molecule has 0 radical (unpaired) electrons. The van der Waals surface area contributed by atoms with Gasteiger partial charge in [-0.15, -0.1) is 0 Å². The Morgan fingerprint density at radius 3 is 2.48 bits per heavy atom. The van der Waals surface area contributed by atoms with E-state index in [1.165, 1.54) is 18.2 Å². The summed E-state index contributed by atoms with van der Waals surface area (Å²) in [6.45, 7) is 2.61. The van der Waals surface area contributed by atoms with E-state index in [0.29, 0.717) is 16.3 Å². The summed E-state index contributed by atoms with van der Waals surface area (Å²) < 4.78 is 18.9. The molecule has 0 aliphatic carbocycles. The highest BCUT2D eigenvalue weighted by molar-refractivity contribution is 6.32. The first-order chi connectivity index (χ1) is 12.0. The van der Waals surface area contributed by atoms with E-state index < -0.39 is 5.91 Å². The van der Waals surface area contributed by atoms with Crippen LogP contribution >= 0.6 is 11.6 Å². The number of amides is 1. The summed E-state index contributed by atoms with van der Waals surface area (Å²) >= 11 is 6.17. The van der Waals surface area contributed by atoms with Gasteiger partial charge in [-0.25, -0.2) is 4.39 Å². The summed E-state index contributed by atoms with van der Waals surface area (Å²) in [4.78, 5) is 13.5. The van der Waals surface area contributed by atoms with Crippen molar-refractivity contribution in [2.24, 2.45) is 5.73 Å². The lowest BCUT2D eigenvalue weighted by atomic mass is 10.1. The molecule has 0 spiro atoms. The van der Waals surface area contributed by atoms with E-state index in [0.717, 1.165) is 38.0 Å². The Kier molecular flexibility index (Phi) is 5.56. The summed E-state index contributed by atoms with van der Waals surface area (Å²) in [5.41, 5.74) is 6.71. The molecule has 0 atom stereocenters. The van der Waals surface area contributed by atoms with E-state index in [1.807, 2.05) is 12.1 Å². The van der Waals surface area contributed by atoms with Crippen LogP contribution in [0.3, 0.4) is 0 Å². The summed E-state index contributed by atoms with van der Waals surface area (Å²) in [6.07, 6.45) is 1.85. The topological polar surface area (TPSA) is 55.6 Å². The molecule has 6 heteroatoms. The van der Waals surface area contributed by atoms with Crippen molar-refractivity contribution in [3.8, 4) is 5.75 Å². The third-order valence-corrected chi connectivity index (χ3v) is 4.66. The van der Waals surface area contributed by atoms with Crippen LogP contribution in [0.15, 0.2) is 42.5 Å². The van der Waals surface area contributed by atoms with Gasteiger partial charge in [0.05, 0.1) is 5.02 Å². The molecule has 25 heavy (non-hydrogen) atoms. The number of hydrogen-bond donors (Lipinski definition) is 1. The Hall–Kier alpha value is -2.11. The molecule has 0 saturated carbocycles. The molecule has 132 valence electrons. The number of hydrogen-bond acceptors (Lipinski definition) is 3. The highest BCUT2D eigenvalue weighted by atomic mass is 35.5. The fourth-order valence-corrected chi connectivity index (χ4v) is 3.19. The van der Waals surface area contributed by atoms with Crippen LogP contribution in [0.1, 0.15) is 28.8 Å². The second kappa shape index (κ2) is 7.85. The van der Waals surface area contributed by atoms with Gasteiger partial charge < -0.3 is 10.5 Å². The van der Waals surface area contributed by atoms with Crippen LogP contribution in [0.5, 0.6) is 5.75 Å². The van der Waals surface area contributed by atoms with Crippen molar-refractivity contribution in [1.29, 1.82) is 0 Å². The van der Waals surface area contributed by atoms with Crippen LogP contribution in [0.25, 0.3) is 0 Å². The molecule has 3 rings (SSSR count). The lowest BCUT2D eigenvalue weighted by Gasteiger charge is -2.32. The van der Waals surface area contributed by atoms with Gasteiger partial charge >= 0.3 is 0 Å². The number of nitrogens with two attached hydrogens (primary N) is 1. The predicted molar refractivity (Wildman–Crippen MR) is 95.3 cm³/mol. The molecule has 4 nitrogen and oxygen atoms in total. The van der Waals surface area contributed by atoms with Crippen molar-refractivity contribution in [2.45, 2.75) is 25.5 Å². The Bertz CT molecular complexity index is 744. The minimum atomic E-state index is -0.512. The number of piperidine rings is 1. The number of carbonyl (C=O) groups excluding carboxylic acids is 1. The number of benzene rings is 2. The number of halogens is 2. The number of primary amides is 1. The van der Waals surface area contributed by atoms with Gasteiger partial charge in [0.2, 0.25) is 5.91 Å². The van der Waals surface area contributed by atoms with Gasteiger partial charge in [-0.05, 0) is 48.7 Å². The average molecular weight is 363 g/mol. The van der Waals surface area contributed by atoms with Crippen LogP contribution in [-0.4, -0.2) is 30.0 Å². The largest absolute Gasteiger partial charge is 0.489 e. The summed E-state index contributed by atoms with van der Waals surface area (Å²) in [7, 11) is 0. The van der Waals surface area contributed by atoms with Crippen molar-refractivity contribution in [1.82, 2.24) is 4.90 Å². The predicted octanol–water partition coefficient (Wildman–Crippen LogP) is 3.62. The molecular formula is C19H20ClFN2O2. The van der Waals surface area contributed by atoms with Gasteiger partial charge in [0.15, 0.2) is 0 Å². The Balaban J connectivity index is 1.52. The first kappa shape index (κ1) is 17.7. The monoisotopic (exact) mass is 362 g/mol. The standard InChI is InChI=1S/C19H20ClFN2O2/c20-17-11-14(19(22)24)3-6-18(17)25-16-7-9-23(10-8-16)12-13-1-4-15(21)5-2-13/h1-6,11,16H,7-10,12H2,(H2,22,24). The first-order valence-electron chi connectivity index (χ1n) is 8.24. The smallest absolute Gasteiger partial charge is 0.248 e. The van der Waals surface area contributed by atoms with Gasteiger partial charge in [0, 0.05) is 25.2 Å². The van der Waals surface area contributed by atoms with Crippen molar-refractivity contribution < 1.29 is 13.9 Å². The van der Waals surface area contributed by atoms with Gasteiger partial charge in [0.25, 0.3) is 0 Å². The molecule has 1 amide bonds. The molecule has 2 N–H and O–H groups in total. The summed E-state index contributed by atoms with van der Waals surface area (Å²) in [5.74, 6) is -0.152. The molecule has 1 heterocycles. The summed E-state index contributed by atoms with van der Waals surface area (Å²) in [6, 6.07) is 11.4. The molecule has 2 aromatic carbocycles. The maximum Gasteiger partial charge on any atom is 0.248 e. The minimum Gasteiger partial charge on any atom is -0.489 e. The van der Waals surface area contributed by atoms with E-state index in [9.17, 15) is 9.18 Å². The van der Waals surface area contributed by atoms with Crippen LogP contribution in [0, 0.1) is 5.82 Å². The molecule has 0 unspecified atom stereocenters. The van der Waals surface area contributed by atoms with E-state index in [-0.39, 0.29) is 11.9 Å². The molecule has 1 aliphatic rings. The van der Waals surface area contributed by atoms with Gasteiger partial charge in [-0.2, -0.15) is 0 Å². The fraction of sp³-hybridized carbons (Fsp3) is 0.316. The normalized spacial score (nSPS) is 15.9. The third-order valence-electron chi connectivity index (χ3n) is 4.36. The lowest BCUT2D eigenvalue weighted by molar-refractivity contribution is 0.0967. The fourth-order valence-electron chi connectivity index (χ4n) is 2.96. The number of carbonyl (C=O) groups is 1. The zero-order chi connectivity index (χ0) is 17.8. The molecule has 1 fully saturated rings. The maximum atomic E-state index is 13.0. The highest BCUT2D eigenvalue weighted by Gasteiger charge is 2.21. The van der Waals surface area contributed by atoms with Crippen LogP contribution < -0.4 is 10.5 Å². The lowest BCUT2D eigenvalue weighted by Crippen LogP contribution is -2.37. The van der Waals surface area contributed by atoms with Gasteiger partial charge in [-0.1, -0.05) is 23.7 Å². The van der Waals surface area contributed by atoms with Gasteiger partial charge in [0.1, 0.15) is 17.7 Å². The van der Waals surface area contributed by atoms with Gasteiger partial charge in [-0.3, -0.25) is 9.69 Å². The maximum absolute atomic E-state index is 13.0. The second-order valence-electron chi connectivity index (χ2n) is 6.23. The first-order valence-corrected chi connectivity index (χ1v) is 8.62. The van der Waals surface area contributed by atoms with Crippen molar-refractivity contribution in [2.75, 3.05) is 13.1 Å². The minimum absolute atomic E-state index is 0.0846. The van der Waals surface area contributed by atoms with Crippen LogP contribution in [-0.2, 0) is 6.54 Å². The van der Waals surface area contributed by atoms with Crippen molar-refractivity contribution >= 4 is 17.5 Å². The van der Waals surface area contributed by atoms with Crippen molar-refractivity contribution in [3.05, 3.63) is 64.4 Å². The zero-order valence-corrected chi connectivity index (χ0v) is 14.5. The zero-order valence-electron chi connectivity index (χ0n) is 13.8. The molecule has 1 aliphatic heterocycles. The van der Waals surface area contributed by atoms with Crippen LogP contribution in [0.2, 0.25) is 5.02 Å². The number of rotatable bonds is 5. The average Bonchev–Trinajstić information content (AvgIpc) is 2.60. The highest BCUT2D eigenvalue weighted by Crippen LogP contribution is 2.28. The SMILES string of the molecule is NC(=O)c1ccc(OC2CCN(Cc3ccc(F)cc3)CC2)c(Cl)c1. The third kappa shape index (κ3) is 4.71. The number of nitrogens with zero attached hydrogens (tertiary/aromatic N) is 1. The van der Waals surface area contributed by atoms with E-state index in [2.05, 4.69) is 4.90 Å². The number of ether oxygens (including phenoxy) is 1. The van der Waals surface area contributed by atoms with Crippen LogP contribution in [0.4, 0.5) is 4.39 Å². The summed E-state index contributed by atoms with van der Waals surface area (Å²) in [5, 5.41) is 0.394.